The molecule has 0 fully saturated rings. The Morgan fingerprint density at radius 3 is 2.11 bits per heavy atom. The average Bonchev–Trinajstić information content (AvgIpc) is 2.93. The van der Waals surface area contributed by atoms with Crippen LogP contribution >= 0.6 is 11.6 Å². The average molecular weight is 382 g/mol. The summed E-state index contributed by atoms with van der Waals surface area (Å²) in [5.41, 5.74) is 1.20. The van der Waals surface area contributed by atoms with Crippen LogP contribution in [0.2, 0.25) is 5.02 Å². The first-order chi connectivity index (χ1) is 13.1. The smallest absolute Gasteiger partial charge is 0.266 e. The molecule has 0 spiro atoms. The molecule has 1 heterocycles. The van der Waals surface area contributed by atoms with E-state index in [0.29, 0.717) is 0 Å². The van der Waals surface area contributed by atoms with Crippen LogP contribution in [0.15, 0.2) is 66.7 Å². The molecule has 4 rings (SSSR count). The summed E-state index contributed by atoms with van der Waals surface area (Å²) >= 11 is 6.08. The van der Waals surface area contributed by atoms with Crippen molar-refractivity contribution in [3.05, 3.63) is 94.3 Å². The number of ether oxygens (including phenoxy) is 1. The minimum atomic E-state index is -0.776. The zero-order valence-corrected chi connectivity index (χ0v) is 14.7. The number of anilines is 1. The summed E-state index contributed by atoms with van der Waals surface area (Å²) in [6, 6.07) is 18.1. The van der Waals surface area contributed by atoms with E-state index in [4.69, 9.17) is 16.3 Å². The minimum Gasteiger partial charge on any atom is -0.487 e. The quantitative estimate of drug-likeness (QED) is 0.606. The van der Waals surface area contributed by atoms with Crippen LogP contribution in [0.1, 0.15) is 26.3 Å². The fourth-order valence-corrected chi connectivity index (χ4v) is 3.15. The molecule has 0 saturated heterocycles. The van der Waals surface area contributed by atoms with Crippen molar-refractivity contribution in [3.63, 3.8) is 0 Å². The molecule has 1 aliphatic rings. The molecule has 0 aliphatic carbocycles. The Bertz CT molecular complexity index is 1020. The van der Waals surface area contributed by atoms with Gasteiger partial charge >= 0.3 is 0 Å². The van der Waals surface area contributed by atoms with Gasteiger partial charge in [0, 0.05) is 6.07 Å². The van der Waals surface area contributed by atoms with Gasteiger partial charge < -0.3 is 4.74 Å². The lowest BCUT2D eigenvalue weighted by molar-refractivity contribution is 0.0925. The number of benzene rings is 3. The zero-order chi connectivity index (χ0) is 19.0. The lowest BCUT2D eigenvalue weighted by atomic mass is 10.1. The third-order valence-electron chi connectivity index (χ3n) is 4.27. The highest BCUT2D eigenvalue weighted by molar-refractivity contribution is 6.35. The molecule has 6 heteroatoms. The van der Waals surface area contributed by atoms with Crippen molar-refractivity contribution in [1.82, 2.24) is 0 Å². The normalized spacial score (nSPS) is 13.0. The van der Waals surface area contributed by atoms with Crippen molar-refractivity contribution in [2.75, 3.05) is 4.90 Å². The number of carbonyl (C=O) groups excluding carboxylic acids is 2. The van der Waals surface area contributed by atoms with E-state index in [2.05, 4.69) is 0 Å². The molecular weight excluding hydrogens is 369 g/mol. The Morgan fingerprint density at radius 2 is 1.48 bits per heavy atom. The molecule has 4 nitrogen and oxygen atoms in total. The molecule has 0 unspecified atom stereocenters. The Kier molecular flexibility index (Phi) is 4.38. The number of amides is 2. The van der Waals surface area contributed by atoms with E-state index in [9.17, 15) is 14.0 Å². The van der Waals surface area contributed by atoms with Gasteiger partial charge in [0.1, 0.15) is 18.2 Å². The van der Waals surface area contributed by atoms with Gasteiger partial charge in [-0.25, -0.2) is 9.29 Å². The first-order valence-corrected chi connectivity index (χ1v) is 8.57. The molecule has 27 heavy (non-hydrogen) atoms. The summed E-state index contributed by atoms with van der Waals surface area (Å²) in [6.07, 6.45) is 0. The third-order valence-corrected chi connectivity index (χ3v) is 4.57. The van der Waals surface area contributed by atoms with E-state index in [1.165, 1.54) is 18.2 Å². The van der Waals surface area contributed by atoms with Crippen LogP contribution in [-0.4, -0.2) is 11.8 Å². The van der Waals surface area contributed by atoms with Gasteiger partial charge in [-0.3, -0.25) is 9.59 Å². The first kappa shape index (κ1) is 17.2. The van der Waals surface area contributed by atoms with Crippen LogP contribution in [0.5, 0.6) is 5.75 Å². The van der Waals surface area contributed by atoms with E-state index in [0.717, 1.165) is 16.5 Å². The lowest BCUT2D eigenvalue weighted by Gasteiger charge is -2.17. The van der Waals surface area contributed by atoms with Crippen LogP contribution in [0, 0.1) is 5.82 Å². The van der Waals surface area contributed by atoms with Crippen LogP contribution in [-0.2, 0) is 6.61 Å². The Balaban J connectivity index is 1.68. The summed E-state index contributed by atoms with van der Waals surface area (Å²) in [6.45, 7) is 0.216. The topological polar surface area (TPSA) is 46.6 Å². The van der Waals surface area contributed by atoms with Crippen molar-refractivity contribution < 1.29 is 18.7 Å². The van der Waals surface area contributed by atoms with Gasteiger partial charge in [0.25, 0.3) is 11.8 Å². The van der Waals surface area contributed by atoms with E-state index < -0.39 is 17.6 Å². The standard InChI is InChI=1S/C21H13ClFNO3/c22-16-10-17(23)18(11-19(16)27-12-13-6-2-1-3-7-13)24-20(25)14-8-4-5-9-15(14)21(24)26/h1-11H,12H2. The maximum Gasteiger partial charge on any atom is 0.266 e. The highest BCUT2D eigenvalue weighted by Gasteiger charge is 2.38. The van der Waals surface area contributed by atoms with Gasteiger partial charge in [0.15, 0.2) is 0 Å². The van der Waals surface area contributed by atoms with Crippen molar-refractivity contribution in [2.45, 2.75) is 6.61 Å². The molecule has 3 aromatic rings. The van der Waals surface area contributed by atoms with Crippen LogP contribution < -0.4 is 9.64 Å². The Hall–Kier alpha value is -3.18. The largest absolute Gasteiger partial charge is 0.487 e. The highest BCUT2D eigenvalue weighted by Crippen LogP contribution is 2.36. The molecule has 0 aromatic heterocycles. The van der Waals surface area contributed by atoms with Gasteiger partial charge in [-0.2, -0.15) is 0 Å². The predicted molar refractivity (Wildman–Crippen MR) is 99.8 cm³/mol. The van der Waals surface area contributed by atoms with E-state index in [-0.39, 0.29) is 34.2 Å². The monoisotopic (exact) mass is 381 g/mol. The molecule has 1 aliphatic heterocycles. The maximum absolute atomic E-state index is 14.5. The van der Waals surface area contributed by atoms with Gasteiger partial charge in [-0.05, 0) is 23.8 Å². The molecule has 0 bridgehead atoms. The second-order valence-corrected chi connectivity index (χ2v) is 6.41. The number of hydrogen-bond donors (Lipinski definition) is 0. The van der Waals surface area contributed by atoms with E-state index in [1.807, 2.05) is 30.3 Å². The molecule has 0 N–H and O–H groups in total. The summed E-state index contributed by atoms with van der Waals surface area (Å²) in [5, 5.41) is 0.0591. The molecule has 134 valence electrons. The maximum atomic E-state index is 14.5. The second kappa shape index (κ2) is 6.85. The SMILES string of the molecule is O=C1c2ccccc2C(=O)N1c1cc(OCc2ccccc2)c(Cl)cc1F. The summed E-state index contributed by atoms with van der Waals surface area (Å²) in [4.78, 5) is 26.0. The second-order valence-electron chi connectivity index (χ2n) is 6.00. The van der Waals surface area contributed by atoms with Gasteiger partial charge in [0.2, 0.25) is 0 Å². The predicted octanol–water partition coefficient (Wildman–Crippen LogP) is 4.86. The number of rotatable bonds is 4. The fraction of sp³-hybridized carbons (Fsp3) is 0.0476. The molecule has 0 saturated carbocycles. The molecular formula is C21H13ClFNO3. The third kappa shape index (κ3) is 3.06. The van der Waals surface area contributed by atoms with Crippen LogP contribution in [0.25, 0.3) is 0 Å². The van der Waals surface area contributed by atoms with Crippen molar-refractivity contribution in [3.8, 4) is 5.75 Å². The molecule has 0 radical (unpaired) electrons. The Labute approximate surface area is 159 Å². The molecule has 2 amide bonds. The minimum absolute atomic E-state index is 0.0591. The number of fused-ring (bicyclic) bond motifs is 1. The summed E-state index contributed by atoms with van der Waals surface area (Å²) in [7, 11) is 0. The lowest BCUT2D eigenvalue weighted by Crippen LogP contribution is -2.30. The number of hydrogen-bond acceptors (Lipinski definition) is 3. The number of imide groups is 1. The van der Waals surface area contributed by atoms with Crippen molar-refractivity contribution in [2.24, 2.45) is 0 Å². The Morgan fingerprint density at radius 1 is 0.889 bits per heavy atom. The molecule has 3 aromatic carbocycles. The van der Waals surface area contributed by atoms with Crippen molar-refractivity contribution >= 4 is 29.1 Å². The van der Waals surface area contributed by atoms with E-state index >= 15 is 0 Å². The van der Waals surface area contributed by atoms with Crippen LogP contribution in [0.4, 0.5) is 10.1 Å². The number of nitrogens with zero attached hydrogens (tertiary/aromatic N) is 1. The number of carbonyl (C=O) groups is 2. The van der Waals surface area contributed by atoms with Gasteiger partial charge in [-0.1, -0.05) is 54.1 Å². The summed E-state index contributed by atoms with van der Waals surface area (Å²) < 4.78 is 20.2. The van der Waals surface area contributed by atoms with Gasteiger partial charge in [0.05, 0.1) is 21.8 Å². The zero-order valence-electron chi connectivity index (χ0n) is 14.0. The van der Waals surface area contributed by atoms with Gasteiger partial charge in [-0.15, -0.1) is 0 Å². The number of halogens is 2. The summed E-state index contributed by atoms with van der Waals surface area (Å²) in [5.74, 6) is -1.74. The first-order valence-electron chi connectivity index (χ1n) is 8.20. The highest BCUT2D eigenvalue weighted by atomic mass is 35.5. The fourth-order valence-electron chi connectivity index (χ4n) is 2.94. The molecule has 0 atom stereocenters. The van der Waals surface area contributed by atoms with Crippen molar-refractivity contribution in [1.29, 1.82) is 0 Å². The van der Waals surface area contributed by atoms with E-state index in [1.54, 1.807) is 12.1 Å². The van der Waals surface area contributed by atoms with Crippen LogP contribution in [0.3, 0.4) is 0 Å².